The summed E-state index contributed by atoms with van der Waals surface area (Å²) in [5, 5.41) is 19.9. The van der Waals surface area contributed by atoms with Gasteiger partial charge in [-0.05, 0) is 42.3 Å². The molecule has 36 heavy (non-hydrogen) atoms. The maximum atomic E-state index is 12.9. The smallest absolute Gasteiger partial charge is 0.390 e. The molecule has 0 bridgehead atoms. The van der Waals surface area contributed by atoms with Crippen LogP contribution < -0.4 is 4.74 Å². The number of carboxylic acid groups (broad SMARTS) is 1. The molecule has 2 N–H and O–H groups in total. The van der Waals surface area contributed by atoms with Crippen molar-refractivity contribution in [2.45, 2.75) is 32.1 Å². The number of nitrogens with one attached hydrogen (secondary N) is 1. The van der Waals surface area contributed by atoms with Crippen LogP contribution in [0, 0.1) is 18.3 Å². The zero-order valence-corrected chi connectivity index (χ0v) is 20.0. The average Bonchev–Trinajstić information content (AvgIpc) is 3.34. The van der Waals surface area contributed by atoms with E-state index < -0.39 is 18.6 Å². The lowest BCUT2D eigenvalue weighted by Gasteiger charge is -2.42. The Morgan fingerprint density at radius 2 is 2.06 bits per heavy atom. The monoisotopic (exact) mass is 500 g/mol. The third-order valence-electron chi connectivity index (χ3n) is 6.76. The minimum Gasteiger partial charge on any atom is -0.496 e. The van der Waals surface area contributed by atoms with Crippen LogP contribution >= 0.6 is 0 Å². The lowest BCUT2D eigenvalue weighted by molar-refractivity contribution is -0.139. The minimum atomic E-state index is -4.25. The van der Waals surface area contributed by atoms with Crippen LogP contribution in [-0.4, -0.2) is 65.3 Å². The number of halogens is 3. The Labute approximate surface area is 206 Å². The third-order valence-corrected chi connectivity index (χ3v) is 6.76. The fourth-order valence-corrected chi connectivity index (χ4v) is 4.90. The Balaban J connectivity index is 1.71. The van der Waals surface area contributed by atoms with Crippen LogP contribution in [-0.2, 0) is 6.54 Å². The van der Waals surface area contributed by atoms with E-state index in [1.165, 1.54) is 12.1 Å². The normalized spacial score (nSPS) is 17.3. The van der Waals surface area contributed by atoms with Gasteiger partial charge in [0.25, 0.3) is 0 Å². The zero-order valence-electron chi connectivity index (χ0n) is 20.0. The van der Waals surface area contributed by atoms with E-state index in [1.807, 2.05) is 31.3 Å². The van der Waals surface area contributed by atoms with Gasteiger partial charge in [-0.3, -0.25) is 9.80 Å². The van der Waals surface area contributed by atoms with E-state index in [0.29, 0.717) is 31.7 Å². The summed E-state index contributed by atoms with van der Waals surface area (Å²) in [6.07, 6.45) is -3.30. The molecule has 7 nitrogen and oxygen atoms in total. The number of carboxylic acids is 1. The van der Waals surface area contributed by atoms with Gasteiger partial charge in [-0.1, -0.05) is 6.07 Å². The summed E-state index contributed by atoms with van der Waals surface area (Å²) < 4.78 is 44.4. The van der Waals surface area contributed by atoms with E-state index in [0.717, 1.165) is 27.8 Å². The molecule has 190 valence electrons. The van der Waals surface area contributed by atoms with Crippen molar-refractivity contribution in [1.29, 1.82) is 5.26 Å². The van der Waals surface area contributed by atoms with Crippen molar-refractivity contribution in [1.82, 2.24) is 14.8 Å². The summed E-state index contributed by atoms with van der Waals surface area (Å²) in [5.74, 6) is -0.485. The zero-order chi connectivity index (χ0) is 26.0. The van der Waals surface area contributed by atoms with Gasteiger partial charge < -0.3 is 14.8 Å². The second-order valence-corrected chi connectivity index (χ2v) is 9.01. The highest BCUT2D eigenvalue weighted by Gasteiger charge is 2.33. The number of aromatic nitrogens is 1. The number of H-pyrrole nitrogens is 1. The van der Waals surface area contributed by atoms with E-state index >= 15 is 0 Å². The van der Waals surface area contributed by atoms with Gasteiger partial charge in [-0.15, -0.1) is 0 Å². The predicted molar refractivity (Wildman–Crippen MR) is 128 cm³/mol. The van der Waals surface area contributed by atoms with Gasteiger partial charge in [-0.2, -0.15) is 18.4 Å². The van der Waals surface area contributed by atoms with E-state index in [1.54, 1.807) is 18.1 Å². The van der Waals surface area contributed by atoms with Gasteiger partial charge in [0, 0.05) is 61.4 Å². The first kappa shape index (κ1) is 25.5. The molecule has 4 rings (SSSR count). The molecule has 1 aliphatic heterocycles. The molecule has 0 amide bonds. The number of hydrogen-bond acceptors (Lipinski definition) is 5. The van der Waals surface area contributed by atoms with Crippen LogP contribution in [0.4, 0.5) is 13.2 Å². The molecule has 2 heterocycles. The molecule has 10 heteroatoms. The van der Waals surface area contributed by atoms with Gasteiger partial charge >= 0.3 is 12.1 Å². The first-order valence-electron chi connectivity index (χ1n) is 11.6. The van der Waals surface area contributed by atoms with Crippen molar-refractivity contribution in [2.24, 2.45) is 0 Å². The highest BCUT2D eigenvalue weighted by Crippen LogP contribution is 2.35. The number of fused-ring (bicyclic) bond motifs is 1. The first-order chi connectivity index (χ1) is 17.1. The molecule has 2 aromatic carbocycles. The highest BCUT2D eigenvalue weighted by atomic mass is 19.4. The topological polar surface area (TPSA) is 92.6 Å². The van der Waals surface area contributed by atoms with Crippen LogP contribution in [0.2, 0.25) is 0 Å². The van der Waals surface area contributed by atoms with Gasteiger partial charge in [0.05, 0.1) is 24.7 Å². The number of piperazine rings is 1. The van der Waals surface area contributed by atoms with Crippen molar-refractivity contribution < 1.29 is 27.8 Å². The molecule has 0 unspecified atom stereocenters. The number of alkyl halides is 3. The molecule has 1 atom stereocenters. The van der Waals surface area contributed by atoms with Crippen molar-refractivity contribution in [3.8, 4) is 11.8 Å². The molecule has 1 aliphatic rings. The molecule has 1 saturated heterocycles. The van der Waals surface area contributed by atoms with Gasteiger partial charge in [-0.25, -0.2) is 4.79 Å². The fourth-order valence-electron chi connectivity index (χ4n) is 4.90. The van der Waals surface area contributed by atoms with E-state index in [9.17, 15) is 28.3 Å². The van der Waals surface area contributed by atoms with Crippen molar-refractivity contribution in [3.63, 3.8) is 0 Å². The Hall–Kier alpha value is -3.55. The van der Waals surface area contributed by atoms with E-state index in [2.05, 4.69) is 9.88 Å². The van der Waals surface area contributed by atoms with Crippen LogP contribution in [0.15, 0.2) is 36.5 Å². The van der Waals surface area contributed by atoms with Crippen molar-refractivity contribution in [2.75, 3.05) is 33.3 Å². The SMILES string of the molecule is COc1cc(C)c2[nH]ccc2c1CN1CCN(CCC(F)(F)F)C[C@H]1c1ccc(C(=O)O)c(C#N)c1. The first-order valence-corrected chi connectivity index (χ1v) is 11.6. The molecular formula is C26H27F3N4O3. The van der Waals surface area contributed by atoms with Gasteiger partial charge in [0.1, 0.15) is 11.8 Å². The largest absolute Gasteiger partial charge is 0.496 e. The number of benzene rings is 2. The number of ether oxygens (including phenoxy) is 1. The number of aromatic amines is 1. The van der Waals surface area contributed by atoms with Crippen LogP contribution in [0.25, 0.3) is 10.9 Å². The molecular weight excluding hydrogens is 473 g/mol. The van der Waals surface area contributed by atoms with Gasteiger partial charge in [0.2, 0.25) is 0 Å². The van der Waals surface area contributed by atoms with Gasteiger partial charge in [0.15, 0.2) is 0 Å². The minimum absolute atomic E-state index is 0.0216. The number of hydrogen-bond donors (Lipinski definition) is 2. The lowest BCUT2D eigenvalue weighted by Crippen LogP contribution is -2.48. The summed E-state index contributed by atoms with van der Waals surface area (Å²) >= 11 is 0. The quantitative estimate of drug-likeness (QED) is 0.481. The number of rotatable bonds is 7. The number of aromatic carboxylic acids is 1. The maximum absolute atomic E-state index is 12.9. The number of aryl methyl sites for hydroxylation is 1. The molecule has 1 fully saturated rings. The summed E-state index contributed by atoms with van der Waals surface area (Å²) in [4.78, 5) is 18.7. The summed E-state index contributed by atoms with van der Waals surface area (Å²) in [6.45, 7) is 3.60. The summed E-state index contributed by atoms with van der Waals surface area (Å²) in [7, 11) is 1.60. The highest BCUT2D eigenvalue weighted by molar-refractivity contribution is 5.90. The molecule has 0 aliphatic carbocycles. The Morgan fingerprint density at radius 3 is 2.72 bits per heavy atom. The number of methoxy groups -OCH3 is 1. The number of nitrogens with zero attached hydrogens (tertiary/aromatic N) is 3. The molecule has 1 aromatic heterocycles. The molecule has 0 saturated carbocycles. The van der Waals surface area contributed by atoms with Crippen LogP contribution in [0.1, 0.15) is 45.1 Å². The number of nitriles is 1. The van der Waals surface area contributed by atoms with Crippen LogP contribution in [0.5, 0.6) is 5.75 Å². The maximum Gasteiger partial charge on any atom is 0.390 e. The van der Waals surface area contributed by atoms with Crippen molar-refractivity contribution >= 4 is 16.9 Å². The summed E-state index contributed by atoms with van der Waals surface area (Å²) in [6, 6.07) is 10.1. The third kappa shape index (κ3) is 5.32. The number of carbonyl (C=O) groups is 1. The fraction of sp³-hybridized carbons (Fsp3) is 0.385. The average molecular weight is 501 g/mol. The Morgan fingerprint density at radius 1 is 1.28 bits per heavy atom. The van der Waals surface area contributed by atoms with E-state index in [-0.39, 0.29) is 23.7 Å². The standard InChI is InChI=1S/C26H27F3N4O3/c1-16-11-23(36-2)21(20-5-7-31-24(16)20)14-33-10-9-32(8-6-26(27,28)29)15-22(33)17-3-4-19(25(34)35)18(12-17)13-30/h3-5,7,11-12,22,31H,6,8-10,14-15H2,1-2H3,(H,34,35)/t22-/m0/s1. The Bertz CT molecular complexity index is 1310. The molecule has 3 aromatic rings. The summed E-state index contributed by atoms with van der Waals surface area (Å²) in [5.41, 5.74) is 3.58. The van der Waals surface area contributed by atoms with Crippen LogP contribution in [0.3, 0.4) is 0 Å². The van der Waals surface area contributed by atoms with Crippen molar-refractivity contribution in [3.05, 3.63) is 64.3 Å². The molecule has 0 spiro atoms. The lowest BCUT2D eigenvalue weighted by atomic mass is 9.96. The molecule has 0 radical (unpaired) electrons. The Kier molecular flexibility index (Phi) is 7.24. The second-order valence-electron chi connectivity index (χ2n) is 9.01. The second kappa shape index (κ2) is 10.2. The predicted octanol–water partition coefficient (Wildman–Crippen LogP) is 4.87. The van der Waals surface area contributed by atoms with E-state index in [4.69, 9.17) is 4.74 Å².